The van der Waals surface area contributed by atoms with Gasteiger partial charge in [-0.25, -0.2) is 0 Å². The molecule has 17 heavy (non-hydrogen) atoms. The predicted octanol–water partition coefficient (Wildman–Crippen LogP) is 2.13. The molecule has 0 saturated carbocycles. The lowest BCUT2D eigenvalue weighted by Crippen LogP contribution is -2.27. The van der Waals surface area contributed by atoms with E-state index in [1.807, 2.05) is 12.1 Å². The molecule has 0 aliphatic rings. The molecule has 0 aromatic heterocycles. The van der Waals surface area contributed by atoms with Gasteiger partial charge in [0.2, 0.25) is 0 Å². The van der Waals surface area contributed by atoms with Gasteiger partial charge in [-0.15, -0.1) is 0 Å². The Balaban J connectivity index is 2.18. The summed E-state index contributed by atoms with van der Waals surface area (Å²) < 4.78 is 5.48. The van der Waals surface area contributed by atoms with Gasteiger partial charge in [-0.2, -0.15) is 0 Å². The van der Waals surface area contributed by atoms with E-state index < -0.39 is 5.97 Å². The van der Waals surface area contributed by atoms with Crippen molar-refractivity contribution in [1.82, 2.24) is 4.90 Å². The monoisotopic (exact) mass is 257 g/mol. The first-order chi connectivity index (χ1) is 8.08. The number of rotatable bonds is 7. The summed E-state index contributed by atoms with van der Waals surface area (Å²) in [6.45, 7) is 1.29. The van der Waals surface area contributed by atoms with Crippen LogP contribution in [0.15, 0.2) is 24.3 Å². The second kappa shape index (κ2) is 7.14. The van der Waals surface area contributed by atoms with Crippen LogP contribution >= 0.6 is 11.6 Å². The van der Waals surface area contributed by atoms with Gasteiger partial charge in [0.05, 0.1) is 13.2 Å². The van der Waals surface area contributed by atoms with Crippen molar-refractivity contribution in [3.63, 3.8) is 0 Å². The standard InChI is InChI=1S/C12H16ClNO3/c1-14(9-12(15)16)6-3-7-17-11-5-2-4-10(13)8-11/h2,4-5,8H,3,6-7,9H2,1H3,(H,15,16). The van der Waals surface area contributed by atoms with Gasteiger partial charge < -0.3 is 9.84 Å². The smallest absolute Gasteiger partial charge is 0.317 e. The third-order valence-corrected chi connectivity index (χ3v) is 2.39. The minimum atomic E-state index is -0.816. The molecule has 1 N–H and O–H groups in total. The number of carboxylic acid groups (broad SMARTS) is 1. The van der Waals surface area contributed by atoms with E-state index in [9.17, 15) is 4.79 Å². The largest absolute Gasteiger partial charge is 0.493 e. The van der Waals surface area contributed by atoms with Crippen LogP contribution in [0, 0.1) is 0 Å². The molecule has 1 rings (SSSR count). The zero-order valence-electron chi connectivity index (χ0n) is 9.73. The SMILES string of the molecule is CN(CCCOc1cccc(Cl)c1)CC(=O)O. The summed E-state index contributed by atoms with van der Waals surface area (Å²) in [6, 6.07) is 7.21. The zero-order chi connectivity index (χ0) is 12.7. The first-order valence-corrected chi connectivity index (χ1v) is 5.74. The lowest BCUT2D eigenvalue weighted by molar-refractivity contribution is -0.138. The van der Waals surface area contributed by atoms with E-state index in [-0.39, 0.29) is 6.54 Å². The molecule has 94 valence electrons. The van der Waals surface area contributed by atoms with E-state index in [0.29, 0.717) is 18.2 Å². The molecule has 0 heterocycles. The quantitative estimate of drug-likeness (QED) is 0.761. The maximum atomic E-state index is 10.4. The highest BCUT2D eigenvalue weighted by atomic mass is 35.5. The zero-order valence-corrected chi connectivity index (χ0v) is 10.5. The number of hydrogen-bond acceptors (Lipinski definition) is 3. The number of halogens is 1. The van der Waals surface area contributed by atoms with Gasteiger partial charge in [0, 0.05) is 11.6 Å². The Kier molecular flexibility index (Phi) is 5.80. The van der Waals surface area contributed by atoms with Crippen LogP contribution in [0.4, 0.5) is 0 Å². The Hall–Kier alpha value is -1.26. The average molecular weight is 258 g/mol. The Morgan fingerprint density at radius 3 is 2.94 bits per heavy atom. The van der Waals surface area contributed by atoms with E-state index in [4.69, 9.17) is 21.4 Å². The highest BCUT2D eigenvalue weighted by Crippen LogP contribution is 2.17. The van der Waals surface area contributed by atoms with Crippen molar-refractivity contribution in [2.24, 2.45) is 0 Å². The molecule has 0 aliphatic heterocycles. The van der Waals surface area contributed by atoms with Crippen LogP contribution in [0.1, 0.15) is 6.42 Å². The van der Waals surface area contributed by atoms with Crippen molar-refractivity contribution >= 4 is 17.6 Å². The van der Waals surface area contributed by atoms with E-state index in [1.54, 1.807) is 24.1 Å². The van der Waals surface area contributed by atoms with E-state index in [0.717, 1.165) is 12.2 Å². The molecule has 0 bridgehead atoms. The molecule has 5 heteroatoms. The van der Waals surface area contributed by atoms with Crippen molar-refractivity contribution in [2.45, 2.75) is 6.42 Å². The number of carbonyl (C=O) groups is 1. The van der Waals surface area contributed by atoms with Gasteiger partial charge in [0.1, 0.15) is 5.75 Å². The maximum absolute atomic E-state index is 10.4. The van der Waals surface area contributed by atoms with Crippen molar-refractivity contribution in [3.8, 4) is 5.75 Å². The highest BCUT2D eigenvalue weighted by molar-refractivity contribution is 6.30. The maximum Gasteiger partial charge on any atom is 0.317 e. The third-order valence-electron chi connectivity index (χ3n) is 2.15. The molecule has 1 aromatic carbocycles. The number of likely N-dealkylation sites (N-methyl/N-ethyl adjacent to an activating group) is 1. The van der Waals surface area contributed by atoms with Crippen LogP contribution in [0.25, 0.3) is 0 Å². The topological polar surface area (TPSA) is 49.8 Å². The van der Waals surface area contributed by atoms with Crippen molar-refractivity contribution in [1.29, 1.82) is 0 Å². The molecule has 1 aromatic rings. The normalized spacial score (nSPS) is 10.5. The van der Waals surface area contributed by atoms with Gasteiger partial charge in [-0.05, 0) is 31.7 Å². The number of aliphatic carboxylic acids is 1. The minimum Gasteiger partial charge on any atom is -0.493 e. The van der Waals surface area contributed by atoms with Crippen LogP contribution < -0.4 is 4.74 Å². The summed E-state index contributed by atoms with van der Waals surface area (Å²) in [5.41, 5.74) is 0. The molecule has 0 amide bonds. The summed E-state index contributed by atoms with van der Waals surface area (Å²) in [5.74, 6) is -0.0818. The van der Waals surface area contributed by atoms with Gasteiger partial charge in [0.15, 0.2) is 0 Å². The Bertz CT molecular complexity index is 371. The van der Waals surface area contributed by atoms with Crippen molar-refractivity contribution in [2.75, 3.05) is 26.7 Å². The first kappa shape index (κ1) is 13.8. The summed E-state index contributed by atoms with van der Waals surface area (Å²) in [7, 11) is 1.77. The first-order valence-electron chi connectivity index (χ1n) is 5.36. The van der Waals surface area contributed by atoms with E-state index >= 15 is 0 Å². The van der Waals surface area contributed by atoms with Gasteiger partial charge in [-0.1, -0.05) is 17.7 Å². The fraction of sp³-hybridized carbons (Fsp3) is 0.417. The van der Waals surface area contributed by atoms with Crippen LogP contribution in [-0.4, -0.2) is 42.7 Å². The van der Waals surface area contributed by atoms with Crippen LogP contribution in [0.3, 0.4) is 0 Å². The van der Waals surface area contributed by atoms with Crippen LogP contribution in [0.2, 0.25) is 5.02 Å². The fourth-order valence-corrected chi connectivity index (χ4v) is 1.57. The number of carboxylic acids is 1. The molecule has 0 fully saturated rings. The molecular formula is C12H16ClNO3. The second-order valence-corrected chi connectivity index (χ2v) is 4.23. The Morgan fingerprint density at radius 2 is 2.29 bits per heavy atom. The lowest BCUT2D eigenvalue weighted by Gasteiger charge is -2.13. The van der Waals surface area contributed by atoms with Gasteiger partial charge >= 0.3 is 5.97 Å². The summed E-state index contributed by atoms with van der Waals surface area (Å²) >= 11 is 5.81. The van der Waals surface area contributed by atoms with Crippen molar-refractivity contribution in [3.05, 3.63) is 29.3 Å². The predicted molar refractivity (Wildman–Crippen MR) is 66.7 cm³/mol. The molecular weight excluding hydrogens is 242 g/mol. The summed E-state index contributed by atoms with van der Waals surface area (Å²) in [5, 5.41) is 9.21. The van der Waals surface area contributed by atoms with E-state index in [2.05, 4.69) is 0 Å². The number of benzene rings is 1. The number of hydrogen-bond donors (Lipinski definition) is 1. The Labute approximate surface area is 106 Å². The highest BCUT2D eigenvalue weighted by Gasteiger charge is 2.03. The molecule has 0 unspecified atom stereocenters. The van der Waals surface area contributed by atoms with Crippen molar-refractivity contribution < 1.29 is 14.6 Å². The van der Waals surface area contributed by atoms with Crippen LogP contribution in [-0.2, 0) is 4.79 Å². The summed E-state index contributed by atoms with van der Waals surface area (Å²) in [6.07, 6.45) is 0.774. The summed E-state index contributed by atoms with van der Waals surface area (Å²) in [4.78, 5) is 12.2. The molecule has 0 aliphatic carbocycles. The molecule has 0 spiro atoms. The fourth-order valence-electron chi connectivity index (χ4n) is 1.39. The number of ether oxygens (including phenoxy) is 1. The Morgan fingerprint density at radius 1 is 1.53 bits per heavy atom. The number of nitrogens with zero attached hydrogens (tertiary/aromatic N) is 1. The molecule has 4 nitrogen and oxygen atoms in total. The lowest BCUT2D eigenvalue weighted by atomic mass is 10.3. The van der Waals surface area contributed by atoms with Gasteiger partial charge in [0.25, 0.3) is 0 Å². The van der Waals surface area contributed by atoms with Gasteiger partial charge in [-0.3, -0.25) is 9.69 Å². The second-order valence-electron chi connectivity index (χ2n) is 3.79. The van der Waals surface area contributed by atoms with Crippen LogP contribution in [0.5, 0.6) is 5.75 Å². The molecule has 0 radical (unpaired) electrons. The average Bonchev–Trinajstić information content (AvgIpc) is 2.23. The van der Waals surface area contributed by atoms with E-state index in [1.165, 1.54) is 0 Å². The molecule has 0 atom stereocenters. The minimum absolute atomic E-state index is 0.0527. The third kappa shape index (κ3) is 6.14. The molecule has 0 saturated heterocycles.